The number of benzene rings is 1. The molecule has 1 atom stereocenters. The summed E-state index contributed by atoms with van der Waals surface area (Å²) in [6, 6.07) is 8.77. The molecule has 20 heavy (non-hydrogen) atoms. The highest BCUT2D eigenvalue weighted by atomic mass is 16.6. The van der Waals surface area contributed by atoms with E-state index in [-0.39, 0.29) is 18.5 Å². The summed E-state index contributed by atoms with van der Waals surface area (Å²) in [6.45, 7) is 5.57. The molecule has 4 nitrogen and oxygen atoms in total. The van der Waals surface area contributed by atoms with Crippen LogP contribution in [0.2, 0.25) is 0 Å². The van der Waals surface area contributed by atoms with Gasteiger partial charge in [-0.15, -0.1) is 0 Å². The number of hydrogen-bond donors (Lipinski definition) is 0. The molecule has 0 amide bonds. The maximum absolute atomic E-state index is 12.0. The molecule has 0 radical (unpaired) electrons. The molecule has 0 aliphatic rings. The predicted octanol–water partition coefficient (Wildman–Crippen LogP) is 3.35. The van der Waals surface area contributed by atoms with E-state index in [1.807, 2.05) is 13.0 Å². The van der Waals surface area contributed by atoms with E-state index in [0.29, 0.717) is 12.0 Å². The van der Waals surface area contributed by atoms with Crippen molar-refractivity contribution < 1.29 is 19.1 Å². The average Bonchev–Trinajstić information content (AvgIpc) is 2.38. The first-order chi connectivity index (χ1) is 9.52. The van der Waals surface area contributed by atoms with Crippen LogP contribution in [0.5, 0.6) is 0 Å². The third-order valence-corrected chi connectivity index (χ3v) is 2.66. The Hall–Kier alpha value is -1.84. The topological polar surface area (TPSA) is 52.6 Å². The van der Waals surface area contributed by atoms with Gasteiger partial charge < -0.3 is 9.47 Å². The molecule has 1 unspecified atom stereocenters. The Bertz CT molecular complexity index is 425. The van der Waals surface area contributed by atoms with Crippen LogP contribution >= 0.6 is 0 Å². The fraction of sp³-hybridized carbons (Fsp3) is 0.500. The molecule has 0 saturated heterocycles. The Morgan fingerprint density at radius 2 is 1.75 bits per heavy atom. The van der Waals surface area contributed by atoms with Crippen LogP contribution in [-0.4, -0.2) is 24.1 Å². The minimum absolute atomic E-state index is 0.102. The maximum atomic E-state index is 12.0. The predicted molar refractivity (Wildman–Crippen MR) is 76.4 cm³/mol. The van der Waals surface area contributed by atoms with Crippen LogP contribution in [-0.2, 0) is 14.3 Å². The van der Waals surface area contributed by atoms with Gasteiger partial charge in [0.25, 0.3) is 0 Å². The number of hydrogen-bond acceptors (Lipinski definition) is 4. The average molecular weight is 278 g/mol. The SMILES string of the molecule is CCCC(CC(=O)OC(C)C)OC(=O)c1ccccc1. The van der Waals surface area contributed by atoms with E-state index < -0.39 is 12.1 Å². The molecule has 1 aromatic rings. The van der Waals surface area contributed by atoms with Crippen molar-refractivity contribution in [2.24, 2.45) is 0 Å². The van der Waals surface area contributed by atoms with E-state index >= 15 is 0 Å². The standard InChI is InChI=1S/C16H22O4/c1-4-8-14(11-15(17)19-12(2)3)20-16(18)13-9-6-5-7-10-13/h5-7,9-10,12,14H,4,8,11H2,1-3H3. The second kappa shape index (κ2) is 8.35. The summed E-state index contributed by atoms with van der Waals surface area (Å²) in [7, 11) is 0. The lowest BCUT2D eigenvalue weighted by atomic mass is 10.1. The summed E-state index contributed by atoms with van der Waals surface area (Å²) in [5, 5.41) is 0. The number of rotatable bonds is 7. The summed E-state index contributed by atoms with van der Waals surface area (Å²) in [5.41, 5.74) is 0.492. The first kappa shape index (κ1) is 16.2. The van der Waals surface area contributed by atoms with Crippen molar-refractivity contribution in [2.75, 3.05) is 0 Å². The molecule has 110 valence electrons. The molecule has 0 spiro atoms. The molecule has 0 aliphatic carbocycles. The Morgan fingerprint density at radius 1 is 1.10 bits per heavy atom. The zero-order chi connectivity index (χ0) is 15.0. The van der Waals surface area contributed by atoms with Crippen LogP contribution in [0.25, 0.3) is 0 Å². The molecule has 4 heteroatoms. The second-order valence-electron chi connectivity index (χ2n) is 4.92. The Kier molecular flexibility index (Phi) is 6.77. The zero-order valence-corrected chi connectivity index (χ0v) is 12.3. The van der Waals surface area contributed by atoms with Crippen LogP contribution in [0, 0.1) is 0 Å². The van der Waals surface area contributed by atoms with Crippen LogP contribution in [0.1, 0.15) is 50.4 Å². The van der Waals surface area contributed by atoms with Crippen molar-refractivity contribution in [1.82, 2.24) is 0 Å². The van der Waals surface area contributed by atoms with Crippen LogP contribution in [0.3, 0.4) is 0 Å². The highest BCUT2D eigenvalue weighted by Crippen LogP contribution is 2.12. The third-order valence-electron chi connectivity index (χ3n) is 2.66. The monoisotopic (exact) mass is 278 g/mol. The van der Waals surface area contributed by atoms with E-state index in [1.54, 1.807) is 38.1 Å². The highest BCUT2D eigenvalue weighted by Gasteiger charge is 2.20. The molecule has 0 aliphatic heterocycles. The van der Waals surface area contributed by atoms with Gasteiger partial charge in [0, 0.05) is 0 Å². The first-order valence-corrected chi connectivity index (χ1v) is 6.98. The molecule has 1 aromatic carbocycles. The van der Waals surface area contributed by atoms with Gasteiger partial charge in [0.15, 0.2) is 0 Å². The molecule has 1 rings (SSSR count). The van der Waals surface area contributed by atoms with E-state index in [1.165, 1.54) is 0 Å². The quantitative estimate of drug-likeness (QED) is 0.718. The Balaban J connectivity index is 2.58. The van der Waals surface area contributed by atoms with Gasteiger partial charge in [0.1, 0.15) is 6.10 Å². The summed E-state index contributed by atoms with van der Waals surface area (Å²) < 4.78 is 10.5. The molecule has 0 saturated carbocycles. The van der Waals surface area contributed by atoms with Gasteiger partial charge in [-0.2, -0.15) is 0 Å². The van der Waals surface area contributed by atoms with Gasteiger partial charge >= 0.3 is 11.9 Å². The smallest absolute Gasteiger partial charge is 0.338 e. The van der Waals surface area contributed by atoms with Crippen molar-refractivity contribution in [3.63, 3.8) is 0 Å². The van der Waals surface area contributed by atoms with Crippen molar-refractivity contribution in [3.8, 4) is 0 Å². The van der Waals surface area contributed by atoms with E-state index in [4.69, 9.17) is 9.47 Å². The van der Waals surface area contributed by atoms with Crippen LogP contribution in [0.4, 0.5) is 0 Å². The number of esters is 2. The number of carbonyl (C=O) groups is 2. The minimum atomic E-state index is -0.432. The van der Waals surface area contributed by atoms with Crippen molar-refractivity contribution in [1.29, 1.82) is 0 Å². The van der Waals surface area contributed by atoms with Gasteiger partial charge in [0.2, 0.25) is 0 Å². The largest absolute Gasteiger partial charge is 0.463 e. The molecule has 0 fully saturated rings. The highest BCUT2D eigenvalue weighted by molar-refractivity contribution is 5.89. The summed E-state index contributed by atoms with van der Waals surface area (Å²) in [5.74, 6) is -0.735. The lowest BCUT2D eigenvalue weighted by molar-refractivity contribution is -0.149. The maximum Gasteiger partial charge on any atom is 0.338 e. The minimum Gasteiger partial charge on any atom is -0.463 e. The zero-order valence-electron chi connectivity index (χ0n) is 12.3. The fourth-order valence-corrected chi connectivity index (χ4v) is 1.82. The lowest BCUT2D eigenvalue weighted by Crippen LogP contribution is -2.24. The Morgan fingerprint density at radius 3 is 2.30 bits per heavy atom. The summed E-state index contributed by atoms with van der Waals surface area (Å²) >= 11 is 0. The van der Waals surface area contributed by atoms with Gasteiger partial charge in [-0.05, 0) is 32.4 Å². The number of ether oxygens (including phenoxy) is 2. The van der Waals surface area contributed by atoms with Gasteiger partial charge in [-0.25, -0.2) is 4.79 Å². The normalized spacial score (nSPS) is 12.0. The second-order valence-corrected chi connectivity index (χ2v) is 4.92. The molecule has 0 bridgehead atoms. The summed E-state index contributed by atoms with van der Waals surface area (Å²) in [6.07, 6.45) is 0.992. The Labute approximate surface area is 120 Å². The first-order valence-electron chi connectivity index (χ1n) is 6.98. The molecular weight excluding hydrogens is 256 g/mol. The van der Waals surface area contributed by atoms with Gasteiger partial charge in [-0.3, -0.25) is 4.79 Å². The molecular formula is C16H22O4. The van der Waals surface area contributed by atoms with Crippen molar-refractivity contribution >= 4 is 11.9 Å². The van der Waals surface area contributed by atoms with E-state index in [2.05, 4.69) is 0 Å². The van der Waals surface area contributed by atoms with Crippen molar-refractivity contribution in [2.45, 2.75) is 52.2 Å². The molecule has 0 heterocycles. The van der Waals surface area contributed by atoms with Crippen molar-refractivity contribution in [3.05, 3.63) is 35.9 Å². The van der Waals surface area contributed by atoms with E-state index in [9.17, 15) is 9.59 Å². The number of carbonyl (C=O) groups excluding carboxylic acids is 2. The van der Waals surface area contributed by atoms with Crippen LogP contribution < -0.4 is 0 Å². The van der Waals surface area contributed by atoms with Crippen LogP contribution in [0.15, 0.2) is 30.3 Å². The molecule has 0 aromatic heterocycles. The third kappa shape index (κ3) is 5.87. The molecule has 0 N–H and O–H groups in total. The lowest BCUT2D eigenvalue weighted by Gasteiger charge is -2.17. The summed E-state index contributed by atoms with van der Waals surface area (Å²) in [4.78, 5) is 23.6. The van der Waals surface area contributed by atoms with E-state index in [0.717, 1.165) is 6.42 Å². The van der Waals surface area contributed by atoms with Gasteiger partial charge in [-0.1, -0.05) is 31.5 Å². The fourth-order valence-electron chi connectivity index (χ4n) is 1.82. The van der Waals surface area contributed by atoms with Gasteiger partial charge in [0.05, 0.1) is 18.1 Å².